The molecule has 0 radical (unpaired) electrons. The van der Waals surface area contributed by atoms with Gasteiger partial charge in [0.2, 0.25) is 11.8 Å². The Labute approximate surface area is 126 Å². The maximum Gasteiger partial charge on any atom is 0.225 e. The van der Waals surface area contributed by atoms with Gasteiger partial charge >= 0.3 is 0 Å². The Hall–Kier alpha value is -1.14. The first-order valence-corrected chi connectivity index (χ1v) is 7.95. The second kappa shape index (κ2) is 7.75. The fraction of sp³-hybridized carbons (Fsp3) is 0.867. The van der Waals surface area contributed by atoms with Crippen LogP contribution in [0.25, 0.3) is 0 Å². The Morgan fingerprint density at radius 2 is 2.05 bits per heavy atom. The summed E-state index contributed by atoms with van der Waals surface area (Å²) in [4.78, 5) is 25.8. The Bertz CT molecular complexity index is 359. The van der Waals surface area contributed by atoms with Gasteiger partial charge in [-0.15, -0.1) is 0 Å². The van der Waals surface area contributed by atoms with Crippen LogP contribution in [0.5, 0.6) is 0 Å². The molecule has 1 atom stereocenters. The minimum atomic E-state index is 0.0496. The quantitative estimate of drug-likeness (QED) is 0.774. The molecule has 0 aromatic heterocycles. The number of hydrogen-bond donors (Lipinski definition) is 2. The monoisotopic (exact) mass is 297 g/mol. The molecule has 2 aliphatic rings. The normalized spacial score (nSPS) is 24.1. The van der Waals surface area contributed by atoms with E-state index in [-0.39, 0.29) is 29.8 Å². The number of likely N-dealkylation sites (tertiary alicyclic amines) is 1. The zero-order chi connectivity index (χ0) is 15.2. The van der Waals surface area contributed by atoms with E-state index in [1.807, 2.05) is 18.7 Å². The van der Waals surface area contributed by atoms with Crippen LogP contribution in [0.4, 0.5) is 0 Å². The molecule has 2 fully saturated rings. The van der Waals surface area contributed by atoms with E-state index in [2.05, 4.69) is 10.6 Å². The summed E-state index contributed by atoms with van der Waals surface area (Å²) in [7, 11) is 0. The predicted octanol–water partition coefficient (Wildman–Crippen LogP) is 0.128. The molecular weight excluding hydrogens is 270 g/mol. The van der Waals surface area contributed by atoms with E-state index in [1.165, 1.54) is 0 Å². The zero-order valence-corrected chi connectivity index (χ0v) is 13.1. The molecule has 0 aromatic carbocycles. The molecule has 0 spiro atoms. The van der Waals surface area contributed by atoms with Crippen LogP contribution >= 0.6 is 0 Å². The van der Waals surface area contributed by atoms with Crippen LogP contribution in [0, 0.1) is 5.92 Å². The standard InChI is InChI=1S/C15H27N3O3/c1-11(2)15(20)18-6-3-12(4-7-18)17-14(19)9-13-10-21-8-5-16-13/h11-13,16H,3-10H2,1-2H3,(H,17,19). The van der Waals surface area contributed by atoms with Crippen LogP contribution in [0.3, 0.4) is 0 Å². The topological polar surface area (TPSA) is 70.7 Å². The third-order valence-electron chi connectivity index (χ3n) is 4.10. The Morgan fingerprint density at radius 3 is 2.62 bits per heavy atom. The van der Waals surface area contributed by atoms with Crippen LogP contribution in [-0.2, 0) is 14.3 Å². The van der Waals surface area contributed by atoms with Gasteiger partial charge in [0, 0.05) is 44.1 Å². The first kappa shape index (κ1) is 16.2. The summed E-state index contributed by atoms with van der Waals surface area (Å²) >= 11 is 0. The number of rotatable bonds is 4. The van der Waals surface area contributed by atoms with E-state index in [9.17, 15) is 9.59 Å². The van der Waals surface area contributed by atoms with Crippen molar-refractivity contribution in [3.05, 3.63) is 0 Å². The van der Waals surface area contributed by atoms with Crippen LogP contribution in [0.15, 0.2) is 0 Å². The maximum absolute atomic E-state index is 12.0. The summed E-state index contributed by atoms with van der Waals surface area (Å²) in [5.74, 6) is 0.337. The minimum absolute atomic E-state index is 0.0496. The van der Waals surface area contributed by atoms with Crippen molar-refractivity contribution >= 4 is 11.8 Å². The minimum Gasteiger partial charge on any atom is -0.378 e. The van der Waals surface area contributed by atoms with Gasteiger partial charge in [0.1, 0.15) is 0 Å². The van der Waals surface area contributed by atoms with E-state index in [1.54, 1.807) is 0 Å². The lowest BCUT2D eigenvalue weighted by atomic mass is 10.0. The molecular formula is C15H27N3O3. The Kier molecular flexibility index (Phi) is 5.99. The molecule has 0 bridgehead atoms. The third kappa shape index (κ3) is 4.97. The summed E-state index contributed by atoms with van der Waals surface area (Å²) < 4.78 is 5.35. The molecule has 2 heterocycles. The molecule has 6 nitrogen and oxygen atoms in total. The molecule has 0 aliphatic carbocycles. The van der Waals surface area contributed by atoms with Gasteiger partial charge in [-0.3, -0.25) is 9.59 Å². The second-order valence-corrected chi connectivity index (χ2v) is 6.25. The van der Waals surface area contributed by atoms with Gasteiger partial charge in [-0.1, -0.05) is 13.8 Å². The van der Waals surface area contributed by atoms with Gasteiger partial charge in [-0.2, -0.15) is 0 Å². The number of amides is 2. The fourth-order valence-corrected chi connectivity index (χ4v) is 2.87. The Morgan fingerprint density at radius 1 is 1.33 bits per heavy atom. The number of nitrogens with one attached hydrogen (secondary N) is 2. The summed E-state index contributed by atoms with van der Waals surface area (Å²) in [6.07, 6.45) is 2.16. The first-order chi connectivity index (χ1) is 10.1. The van der Waals surface area contributed by atoms with Crippen molar-refractivity contribution in [1.29, 1.82) is 0 Å². The third-order valence-corrected chi connectivity index (χ3v) is 4.10. The van der Waals surface area contributed by atoms with E-state index < -0.39 is 0 Å². The molecule has 2 rings (SSSR count). The molecule has 2 N–H and O–H groups in total. The number of nitrogens with zero attached hydrogens (tertiary/aromatic N) is 1. The molecule has 2 amide bonds. The van der Waals surface area contributed by atoms with Gasteiger partial charge in [0.15, 0.2) is 0 Å². The van der Waals surface area contributed by atoms with E-state index >= 15 is 0 Å². The fourth-order valence-electron chi connectivity index (χ4n) is 2.87. The van der Waals surface area contributed by atoms with Crippen molar-refractivity contribution in [3.63, 3.8) is 0 Å². The van der Waals surface area contributed by atoms with E-state index in [0.29, 0.717) is 13.0 Å². The second-order valence-electron chi connectivity index (χ2n) is 6.25. The molecule has 0 aromatic rings. The SMILES string of the molecule is CC(C)C(=O)N1CCC(NC(=O)CC2COCCN2)CC1. The maximum atomic E-state index is 12.0. The number of piperidine rings is 1. The van der Waals surface area contributed by atoms with E-state index in [4.69, 9.17) is 4.74 Å². The first-order valence-electron chi connectivity index (χ1n) is 7.95. The summed E-state index contributed by atoms with van der Waals surface area (Å²) in [6, 6.07) is 0.319. The van der Waals surface area contributed by atoms with Gasteiger partial charge in [-0.25, -0.2) is 0 Å². The molecule has 2 aliphatic heterocycles. The molecule has 21 heavy (non-hydrogen) atoms. The number of hydrogen-bond acceptors (Lipinski definition) is 4. The van der Waals surface area contributed by atoms with Crippen LogP contribution in [0.1, 0.15) is 33.1 Å². The summed E-state index contributed by atoms with van der Waals surface area (Å²) in [6.45, 7) is 7.48. The van der Waals surface area contributed by atoms with Crippen LogP contribution in [0.2, 0.25) is 0 Å². The lowest BCUT2D eigenvalue weighted by molar-refractivity contribution is -0.135. The summed E-state index contributed by atoms with van der Waals surface area (Å²) in [5, 5.41) is 6.37. The van der Waals surface area contributed by atoms with Crippen LogP contribution < -0.4 is 10.6 Å². The molecule has 1 unspecified atom stereocenters. The summed E-state index contributed by atoms with van der Waals surface area (Å²) in [5.41, 5.74) is 0. The van der Waals surface area contributed by atoms with Crippen molar-refractivity contribution in [1.82, 2.24) is 15.5 Å². The van der Waals surface area contributed by atoms with Gasteiger partial charge in [0.05, 0.1) is 13.2 Å². The lowest BCUT2D eigenvalue weighted by Crippen LogP contribution is -2.49. The van der Waals surface area contributed by atoms with Gasteiger partial charge < -0.3 is 20.3 Å². The highest BCUT2D eigenvalue weighted by Crippen LogP contribution is 2.13. The van der Waals surface area contributed by atoms with Gasteiger partial charge in [0.25, 0.3) is 0 Å². The highest BCUT2D eigenvalue weighted by molar-refractivity contribution is 5.78. The average Bonchev–Trinajstić information content (AvgIpc) is 2.48. The number of ether oxygens (including phenoxy) is 1. The lowest BCUT2D eigenvalue weighted by Gasteiger charge is -2.33. The molecule has 120 valence electrons. The van der Waals surface area contributed by atoms with Crippen LogP contribution in [-0.4, -0.2) is 61.6 Å². The number of carbonyl (C=O) groups is 2. The van der Waals surface area contributed by atoms with Crippen molar-refractivity contribution in [2.24, 2.45) is 5.92 Å². The molecule has 0 saturated carbocycles. The van der Waals surface area contributed by atoms with Crippen molar-refractivity contribution < 1.29 is 14.3 Å². The zero-order valence-electron chi connectivity index (χ0n) is 13.1. The van der Waals surface area contributed by atoms with Crippen molar-refractivity contribution in [3.8, 4) is 0 Å². The smallest absolute Gasteiger partial charge is 0.225 e. The van der Waals surface area contributed by atoms with Crippen molar-refractivity contribution in [2.75, 3.05) is 32.8 Å². The van der Waals surface area contributed by atoms with Gasteiger partial charge in [-0.05, 0) is 12.8 Å². The predicted molar refractivity (Wildman–Crippen MR) is 79.8 cm³/mol. The Balaban J connectivity index is 1.68. The molecule has 2 saturated heterocycles. The molecule has 6 heteroatoms. The largest absolute Gasteiger partial charge is 0.378 e. The number of morpholine rings is 1. The highest BCUT2D eigenvalue weighted by atomic mass is 16.5. The van der Waals surface area contributed by atoms with Crippen molar-refractivity contribution in [2.45, 2.75) is 45.2 Å². The number of carbonyl (C=O) groups excluding carboxylic acids is 2. The highest BCUT2D eigenvalue weighted by Gasteiger charge is 2.26. The van der Waals surface area contributed by atoms with E-state index in [0.717, 1.165) is 39.1 Å². The average molecular weight is 297 g/mol.